The second-order valence-corrected chi connectivity index (χ2v) is 7.20. The molecule has 0 spiro atoms. The third kappa shape index (κ3) is 4.22. The number of fused-ring (bicyclic) bond motifs is 1. The summed E-state index contributed by atoms with van der Waals surface area (Å²) in [5, 5.41) is 2.94. The fourth-order valence-corrected chi connectivity index (χ4v) is 3.78. The van der Waals surface area contributed by atoms with Crippen molar-refractivity contribution in [3.63, 3.8) is 0 Å². The second-order valence-electron chi connectivity index (χ2n) is 7.20. The Kier molecular flexibility index (Phi) is 6.54. The summed E-state index contributed by atoms with van der Waals surface area (Å²) in [6.07, 6.45) is -0.00647. The van der Waals surface area contributed by atoms with Crippen molar-refractivity contribution in [2.45, 2.75) is 45.7 Å². The lowest BCUT2D eigenvalue weighted by atomic mass is 9.85. The van der Waals surface area contributed by atoms with E-state index in [1.807, 2.05) is 26.0 Å². The Labute approximate surface area is 176 Å². The van der Waals surface area contributed by atoms with Crippen LogP contribution in [0.4, 0.5) is 10.5 Å². The van der Waals surface area contributed by atoms with Gasteiger partial charge in [-0.05, 0) is 51.0 Å². The second kappa shape index (κ2) is 9.11. The number of carbonyl (C=O) groups is 2. The first-order chi connectivity index (χ1) is 14.4. The van der Waals surface area contributed by atoms with E-state index in [4.69, 9.17) is 18.6 Å². The van der Waals surface area contributed by atoms with Crippen LogP contribution in [0.5, 0.6) is 11.5 Å². The summed E-state index contributed by atoms with van der Waals surface area (Å²) < 4.78 is 21.6. The van der Waals surface area contributed by atoms with Crippen LogP contribution in [-0.2, 0) is 16.1 Å². The molecule has 0 aliphatic carbocycles. The lowest BCUT2D eigenvalue weighted by Gasteiger charge is -2.38. The van der Waals surface area contributed by atoms with E-state index in [2.05, 4.69) is 5.32 Å². The predicted octanol–water partition coefficient (Wildman–Crippen LogP) is 3.76. The monoisotopic (exact) mass is 416 g/mol. The Balaban J connectivity index is 1.96. The Morgan fingerprint density at radius 2 is 1.90 bits per heavy atom. The number of ether oxygens (including phenoxy) is 3. The predicted molar refractivity (Wildman–Crippen MR) is 111 cm³/mol. The zero-order valence-electron chi connectivity index (χ0n) is 18.0. The third-order valence-corrected chi connectivity index (χ3v) is 5.20. The van der Waals surface area contributed by atoms with E-state index in [-0.39, 0.29) is 18.6 Å². The molecule has 0 bridgehead atoms. The molecule has 1 aliphatic heterocycles. The number of benzene rings is 1. The van der Waals surface area contributed by atoms with E-state index in [0.29, 0.717) is 41.5 Å². The third-order valence-electron chi connectivity index (χ3n) is 5.20. The number of rotatable bonds is 6. The Morgan fingerprint density at radius 1 is 1.20 bits per heavy atom. The van der Waals surface area contributed by atoms with Crippen LogP contribution in [0.25, 0.3) is 0 Å². The summed E-state index contributed by atoms with van der Waals surface area (Å²) in [6, 6.07) is 6.93. The van der Waals surface area contributed by atoms with Crippen LogP contribution in [0.2, 0.25) is 0 Å². The van der Waals surface area contributed by atoms with Crippen LogP contribution in [0.15, 0.2) is 28.7 Å². The van der Waals surface area contributed by atoms with Crippen molar-refractivity contribution in [1.29, 1.82) is 0 Å². The number of methoxy groups -OCH3 is 2. The van der Waals surface area contributed by atoms with Gasteiger partial charge in [0.25, 0.3) is 0 Å². The first-order valence-electron chi connectivity index (χ1n) is 9.94. The van der Waals surface area contributed by atoms with Crippen molar-refractivity contribution in [2.24, 2.45) is 0 Å². The Hall–Kier alpha value is -3.16. The number of amides is 2. The number of hydrogen-bond donors (Lipinski definition) is 1. The molecule has 8 heteroatoms. The topological polar surface area (TPSA) is 90.2 Å². The number of furan rings is 1. The van der Waals surface area contributed by atoms with Gasteiger partial charge in [0.2, 0.25) is 5.91 Å². The number of nitrogens with one attached hydrogen (secondary N) is 1. The molecular weight excluding hydrogens is 388 g/mol. The number of aryl methyl sites for hydroxylation is 1. The van der Waals surface area contributed by atoms with Crippen molar-refractivity contribution in [3.8, 4) is 11.5 Å². The molecule has 1 aromatic carbocycles. The van der Waals surface area contributed by atoms with Gasteiger partial charge in [-0.2, -0.15) is 0 Å². The summed E-state index contributed by atoms with van der Waals surface area (Å²) in [7, 11) is 3.06. The van der Waals surface area contributed by atoms with E-state index < -0.39 is 12.0 Å². The van der Waals surface area contributed by atoms with Gasteiger partial charge in [0.15, 0.2) is 11.5 Å². The van der Waals surface area contributed by atoms with Gasteiger partial charge in [-0.25, -0.2) is 4.79 Å². The lowest BCUT2D eigenvalue weighted by Crippen LogP contribution is -2.46. The molecule has 0 saturated carbocycles. The van der Waals surface area contributed by atoms with Crippen LogP contribution in [0.3, 0.4) is 0 Å². The normalized spacial score (nSPS) is 17.8. The molecule has 2 atom stereocenters. The first-order valence-corrected chi connectivity index (χ1v) is 9.94. The van der Waals surface area contributed by atoms with Gasteiger partial charge in [-0.1, -0.05) is 0 Å². The molecule has 2 amide bonds. The minimum atomic E-state index is -0.462. The van der Waals surface area contributed by atoms with Crippen LogP contribution >= 0.6 is 0 Å². The minimum Gasteiger partial charge on any atom is -0.493 e. The average molecular weight is 416 g/mol. The van der Waals surface area contributed by atoms with Crippen LogP contribution in [0, 0.1) is 6.92 Å². The van der Waals surface area contributed by atoms with Gasteiger partial charge in [0.1, 0.15) is 11.5 Å². The molecule has 1 aromatic heterocycles. The zero-order valence-corrected chi connectivity index (χ0v) is 18.0. The molecule has 8 nitrogen and oxygen atoms in total. The fraction of sp³-hybridized carbons (Fsp3) is 0.455. The SMILES string of the molecule is CCOC(=O)N1c2cc(OC)c(OC)cc2C(C(=O)NCc2ccc(C)o2)CC1C. The number of nitrogens with zero attached hydrogens (tertiary/aromatic N) is 1. The fourth-order valence-electron chi connectivity index (χ4n) is 3.78. The molecule has 1 aliphatic rings. The van der Waals surface area contributed by atoms with Gasteiger partial charge in [0.05, 0.1) is 39.0 Å². The molecule has 1 N–H and O–H groups in total. The van der Waals surface area contributed by atoms with Crippen LogP contribution < -0.4 is 19.7 Å². The smallest absolute Gasteiger partial charge is 0.414 e. The van der Waals surface area contributed by atoms with Crippen LogP contribution in [0.1, 0.15) is 43.3 Å². The van der Waals surface area contributed by atoms with E-state index in [0.717, 1.165) is 5.76 Å². The van der Waals surface area contributed by atoms with Gasteiger partial charge >= 0.3 is 6.09 Å². The molecular formula is C22H28N2O6. The summed E-state index contributed by atoms with van der Waals surface area (Å²) >= 11 is 0. The number of hydrogen-bond acceptors (Lipinski definition) is 6. The molecule has 0 radical (unpaired) electrons. The largest absolute Gasteiger partial charge is 0.493 e. The van der Waals surface area contributed by atoms with E-state index >= 15 is 0 Å². The van der Waals surface area contributed by atoms with Crippen molar-refractivity contribution < 1.29 is 28.2 Å². The lowest BCUT2D eigenvalue weighted by molar-refractivity contribution is -0.123. The molecule has 0 saturated heterocycles. The Bertz CT molecular complexity index is 922. The zero-order chi connectivity index (χ0) is 21.8. The van der Waals surface area contributed by atoms with Crippen molar-refractivity contribution >= 4 is 17.7 Å². The van der Waals surface area contributed by atoms with Crippen LogP contribution in [-0.4, -0.2) is 38.9 Å². The Morgan fingerprint density at radius 3 is 2.50 bits per heavy atom. The first kappa shape index (κ1) is 21.5. The highest BCUT2D eigenvalue weighted by molar-refractivity contribution is 5.95. The number of carbonyl (C=O) groups excluding carboxylic acids is 2. The summed E-state index contributed by atoms with van der Waals surface area (Å²) in [4.78, 5) is 27.3. The maximum Gasteiger partial charge on any atom is 0.414 e. The highest BCUT2D eigenvalue weighted by Gasteiger charge is 2.39. The summed E-state index contributed by atoms with van der Waals surface area (Å²) in [5.74, 6) is 1.84. The van der Waals surface area contributed by atoms with Gasteiger partial charge in [0, 0.05) is 12.1 Å². The quantitative estimate of drug-likeness (QED) is 0.771. The molecule has 30 heavy (non-hydrogen) atoms. The van der Waals surface area contributed by atoms with E-state index in [1.54, 1.807) is 24.0 Å². The van der Waals surface area contributed by atoms with E-state index in [1.165, 1.54) is 14.2 Å². The average Bonchev–Trinajstić information content (AvgIpc) is 3.15. The summed E-state index contributed by atoms with van der Waals surface area (Å²) in [5.41, 5.74) is 1.27. The maximum atomic E-state index is 13.1. The molecule has 3 rings (SSSR count). The molecule has 0 fully saturated rings. The van der Waals surface area contributed by atoms with Gasteiger partial charge in [-0.15, -0.1) is 0 Å². The molecule has 2 heterocycles. The van der Waals surface area contributed by atoms with Crippen molar-refractivity contribution in [1.82, 2.24) is 5.32 Å². The summed E-state index contributed by atoms with van der Waals surface area (Å²) in [6.45, 7) is 6.06. The number of anilines is 1. The van der Waals surface area contributed by atoms with Gasteiger partial charge < -0.3 is 23.9 Å². The molecule has 2 aromatic rings. The van der Waals surface area contributed by atoms with Crippen molar-refractivity contribution in [3.05, 3.63) is 41.3 Å². The van der Waals surface area contributed by atoms with E-state index in [9.17, 15) is 9.59 Å². The molecule has 2 unspecified atom stereocenters. The highest BCUT2D eigenvalue weighted by Crippen LogP contribution is 2.44. The minimum absolute atomic E-state index is 0.145. The highest BCUT2D eigenvalue weighted by atomic mass is 16.6. The van der Waals surface area contributed by atoms with Gasteiger partial charge in [-0.3, -0.25) is 9.69 Å². The van der Waals surface area contributed by atoms with Crippen molar-refractivity contribution in [2.75, 3.05) is 25.7 Å². The maximum absolute atomic E-state index is 13.1. The standard InChI is InChI=1S/C22H28N2O6/c1-6-29-22(26)24-13(2)9-17(21(25)23-12-15-8-7-14(3)30-15)16-10-19(27-4)20(28-5)11-18(16)24/h7-8,10-11,13,17H,6,9,12H2,1-5H3,(H,23,25). The molecule has 162 valence electrons.